The molecule has 124 valence electrons. The molecule has 0 spiro atoms. The summed E-state index contributed by atoms with van der Waals surface area (Å²) in [6, 6.07) is 0. The first kappa shape index (κ1) is 17.9. The highest BCUT2D eigenvalue weighted by Gasteiger charge is 2.71. The van der Waals surface area contributed by atoms with Gasteiger partial charge in [0.15, 0.2) is 0 Å². The summed E-state index contributed by atoms with van der Waals surface area (Å²) in [7, 11) is 5.30. The lowest BCUT2D eigenvalue weighted by molar-refractivity contribution is -0.232. The maximum absolute atomic E-state index is 12.1. The van der Waals surface area contributed by atoms with Gasteiger partial charge in [-0.25, -0.2) is 19.2 Å². The van der Waals surface area contributed by atoms with Gasteiger partial charge in [0.1, 0.15) is 0 Å². The number of carbonyl (C=O) groups is 4. The number of hydrogen-bond acceptors (Lipinski definition) is 10. The van der Waals surface area contributed by atoms with Crippen molar-refractivity contribution in [2.75, 3.05) is 35.5 Å². The van der Waals surface area contributed by atoms with Gasteiger partial charge in [-0.3, -0.25) is 4.84 Å². The van der Waals surface area contributed by atoms with Crippen LogP contribution in [0.15, 0.2) is 0 Å². The number of rotatable bonds is 4. The summed E-state index contributed by atoms with van der Waals surface area (Å²) in [6.45, 7) is 0. The molecule has 0 aromatic rings. The average Bonchev–Trinajstić information content (AvgIpc) is 2.87. The van der Waals surface area contributed by atoms with Crippen LogP contribution in [0.4, 0.5) is 0 Å². The topological polar surface area (TPSA) is 118 Å². The smallest absolute Gasteiger partial charge is 0.352 e. The quantitative estimate of drug-likeness (QED) is 0.341. The van der Waals surface area contributed by atoms with E-state index in [0.717, 1.165) is 33.5 Å². The zero-order valence-electron chi connectivity index (χ0n) is 12.8. The van der Waals surface area contributed by atoms with Crippen LogP contribution in [0.1, 0.15) is 6.42 Å². The standard InChI is InChI=1S/C12H17NO9/c1-13-11(7(14)18-2,8(15)19-3)6-12(22-13,9(16)20-4)10(17)21-5/h6H2,1-5H3. The van der Waals surface area contributed by atoms with Crippen molar-refractivity contribution in [3.05, 3.63) is 0 Å². The van der Waals surface area contributed by atoms with Gasteiger partial charge in [0, 0.05) is 13.5 Å². The number of hydroxylamine groups is 2. The third-order valence-electron chi connectivity index (χ3n) is 3.41. The van der Waals surface area contributed by atoms with Crippen molar-refractivity contribution in [2.24, 2.45) is 0 Å². The van der Waals surface area contributed by atoms with Crippen molar-refractivity contribution in [3.63, 3.8) is 0 Å². The number of carbonyl (C=O) groups excluding carboxylic acids is 4. The van der Waals surface area contributed by atoms with Crippen molar-refractivity contribution in [1.82, 2.24) is 5.06 Å². The fraction of sp³-hybridized carbons (Fsp3) is 0.667. The van der Waals surface area contributed by atoms with Gasteiger partial charge in [-0.2, -0.15) is 5.06 Å². The van der Waals surface area contributed by atoms with Crippen LogP contribution in [-0.2, 0) is 43.0 Å². The Labute approximate surface area is 126 Å². The molecule has 0 aliphatic carbocycles. The van der Waals surface area contributed by atoms with E-state index in [-0.39, 0.29) is 0 Å². The van der Waals surface area contributed by atoms with E-state index in [2.05, 4.69) is 18.9 Å². The van der Waals surface area contributed by atoms with E-state index < -0.39 is 41.4 Å². The largest absolute Gasteiger partial charge is 0.467 e. The molecule has 1 aliphatic rings. The summed E-state index contributed by atoms with van der Waals surface area (Å²) in [6.07, 6.45) is -0.713. The minimum absolute atomic E-state index is 0.713. The Bertz CT molecular complexity index is 469. The highest BCUT2D eigenvalue weighted by atomic mass is 16.7. The molecule has 0 amide bonds. The highest BCUT2D eigenvalue weighted by molar-refractivity contribution is 6.10. The van der Waals surface area contributed by atoms with Crippen molar-refractivity contribution < 1.29 is 43.0 Å². The highest BCUT2D eigenvalue weighted by Crippen LogP contribution is 2.41. The Morgan fingerprint density at radius 2 is 1.18 bits per heavy atom. The van der Waals surface area contributed by atoms with Crippen LogP contribution in [0.25, 0.3) is 0 Å². The minimum atomic E-state index is -2.32. The monoisotopic (exact) mass is 319 g/mol. The van der Waals surface area contributed by atoms with Gasteiger partial charge in [-0.1, -0.05) is 0 Å². The number of esters is 4. The van der Waals surface area contributed by atoms with Gasteiger partial charge in [-0.15, -0.1) is 0 Å². The summed E-state index contributed by atoms with van der Waals surface area (Å²) in [4.78, 5) is 53.4. The zero-order valence-corrected chi connectivity index (χ0v) is 12.8. The second kappa shape index (κ2) is 6.28. The van der Waals surface area contributed by atoms with Crippen molar-refractivity contribution in [2.45, 2.75) is 17.6 Å². The lowest BCUT2D eigenvalue weighted by Gasteiger charge is -2.27. The molecule has 1 rings (SSSR count). The molecule has 0 N–H and O–H groups in total. The van der Waals surface area contributed by atoms with Crippen molar-refractivity contribution in [1.29, 1.82) is 0 Å². The second-order valence-corrected chi connectivity index (χ2v) is 4.42. The molecule has 0 bridgehead atoms. The molecule has 0 atom stereocenters. The van der Waals surface area contributed by atoms with E-state index in [0.29, 0.717) is 0 Å². The fourth-order valence-electron chi connectivity index (χ4n) is 2.27. The predicted octanol–water partition coefficient (Wildman–Crippen LogP) is -1.58. The van der Waals surface area contributed by atoms with Crippen LogP contribution in [0, 0.1) is 0 Å². The molecule has 0 saturated carbocycles. The first-order chi connectivity index (χ1) is 10.3. The molecule has 0 aromatic heterocycles. The van der Waals surface area contributed by atoms with E-state index in [9.17, 15) is 19.2 Å². The number of methoxy groups -OCH3 is 4. The molecule has 1 aliphatic heterocycles. The summed E-state index contributed by atoms with van der Waals surface area (Å²) >= 11 is 0. The summed E-state index contributed by atoms with van der Waals surface area (Å²) in [5, 5.41) is 0.735. The van der Waals surface area contributed by atoms with Crippen LogP contribution >= 0.6 is 0 Å². The maximum Gasteiger partial charge on any atom is 0.352 e. The van der Waals surface area contributed by atoms with Crippen molar-refractivity contribution in [3.8, 4) is 0 Å². The molecule has 22 heavy (non-hydrogen) atoms. The maximum atomic E-state index is 12.1. The first-order valence-electron chi connectivity index (χ1n) is 6.03. The van der Waals surface area contributed by atoms with E-state index in [1.54, 1.807) is 0 Å². The SMILES string of the molecule is COC(=O)C1(C(=O)OC)CC(C(=O)OC)(C(=O)OC)N(C)O1. The second-order valence-electron chi connectivity index (χ2n) is 4.42. The molecular weight excluding hydrogens is 302 g/mol. The fourth-order valence-corrected chi connectivity index (χ4v) is 2.27. The van der Waals surface area contributed by atoms with Crippen LogP contribution in [-0.4, -0.2) is 75.6 Å². The zero-order chi connectivity index (χ0) is 17.1. The third kappa shape index (κ3) is 2.29. The molecule has 10 heteroatoms. The van der Waals surface area contributed by atoms with E-state index in [1.807, 2.05) is 0 Å². The van der Waals surface area contributed by atoms with Crippen LogP contribution < -0.4 is 0 Å². The summed E-state index contributed by atoms with van der Waals surface area (Å²) in [5.41, 5.74) is -4.47. The van der Waals surface area contributed by atoms with Gasteiger partial charge in [0.25, 0.3) is 5.60 Å². The van der Waals surface area contributed by atoms with E-state index >= 15 is 0 Å². The minimum Gasteiger partial charge on any atom is -0.467 e. The number of ether oxygens (including phenoxy) is 4. The molecule has 1 fully saturated rings. The molecule has 1 saturated heterocycles. The van der Waals surface area contributed by atoms with E-state index in [4.69, 9.17) is 4.84 Å². The lowest BCUT2D eigenvalue weighted by Crippen LogP contribution is -2.56. The van der Waals surface area contributed by atoms with Crippen LogP contribution in [0.2, 0.25) is 0 Å². The number of hydrogen-bond donors (Lipinski definition) is 0. The lowest BCUT2D eigenvalue weighted by atomic mass is 9.85. The number of nitrogens with zero attached hydrogens (tertiary/aromatic N) is 1. The van der Waals surface area contributed by atoms with Crippen LogP contribution in [0.5, 0.6) is 0 Å². The Kier molecular flexibility index (Phi) is 5.09. The Balaban J connectivity index is 3.47. The number of likely N-dealkylation sites (N-methyl/N-ethyl adjacent to an activating group) is 1. The molecule has 1 heterocycles. The van der Waals surface area contributed by atoms with Gasteiger partial charge in [0.05, 0.1) is 28.4 Å². The normalized spacial score (nSPS) is 19.1. The van der Waals surface area contributed by atoms with Crippen LogP contribution in [0.3, 0.4) is 0 Å². The molecule has 0 unspecified atom stereocenters. The van der Waals surface area contributed by atoms with Gasteiger partial charge in [0.2, 0.25) is 5.54 Å². The Morgan fingerprint density at radius 1 is 0.818 bits per heavy atom. The van der Waals surface area contributed by atoms with E-state index in [1.165, 1.54) is 7.05 Å². The van der Waals surface area contributed by atoms with Gasteiger partial charge in [-0.05, 0) is 0 Å². The summed E-state index contributed by atoms with van der Waals surface area (Å²) < 4.78 is 18.2. The van der Waals surface area contributed by atoms with Crippen molar-refractivity contribution >= 4 is 23.9 Å². The van der Waals surface area contributed by atoms with Gasteiger partial charge < -0.3 is 18.9 Å². The molecule has 10 nitrogen and oxygen atoms in total. The molecule has 0 radical (unpaired) electrons. The third-order valence-corrected chi connectivity index (χ3v) is 3.41. The summed E-state index contributed by atoms with van der Waals surface area (Å²) in [5.74, 6) is -4.37. The van der Waals surface area contributed by atoms with Gasteiger partial charge >= 0.3 is 23.9 Å². The Hall–Kier alpha value is -2.20. The predicted molar refractivity (Wildman–Crippen MR) is 67.0 cm³/mol. The first-order valence-corrected chi connectivity index (χ1v) is 6.03. The Morgan fingerprint density at radius 3 is 1.50 bits per heavy atom. The average molecular weight is 319 g/mol. The molecular formula is C12H17NO9. The molecule has 0 aromatic carbocycles.